The number of halogens is 2. The number of Topliss-reactive ketones (excluding diaryl/α,β-unsaturated/α-hetero) is 1. The molecule has 0 aliphatic rings. The minimum absolute atomic E-state index is 0.0782. The molecule has 0 spiro atoms. The molecule has 0 amide bonds. The normalized spacial score (nSPS) is 12.6. The Hall–Kier alpha value is -3.11. The molecule has 0 bridgehead atoms. The molecule has 0 fully saturated rings. The van der Waals surface area contributed by atoms with Crippen molar-refractivity contribution in [2.24, 2.45) is 0 Å². The lowest BCUT2D eigenvalue weighted by atomic mass is 10.1. The summed E-state index contributed by atoms with van der Waals surface area (Å²) >= 11 is 0. The first-order valence-corrected chi connectivity index (χ1v) is 12.4. The van der Waals surface area contributed by atoms with Gasteiger partial charge in [0.15, 0.2) is 0 Å². The van der Waals surface area contributed by atoms with E-state index in [-0.39, 0.29) is 16.4 Å². The topological polar surface area (TPSA) is 101 Å². The number of hydrogen-bond donors (Lipinski definition) is 2. The average Bonchev–Trinajstić information content (AvgIpc) is 3.29. The predicted molar refractivity (Wildman–Crippen MR) is 124 cm³/mol. The van der Waals surface area contributed by atoms with Crippen molar-refractivity contribution >= 4 is 15.8 Å². The molecule has 2 N–H and O–H groups in total. The van der Waals surface area contributed by atoms with E-state index in [1.807, 2.05) is 30.3 Å². The number of rotatable bonds is 13. The molecule has 1 aromatic heterocycles. The van der Waals surface area contributed by atoms with Gasteiger partial charge in [-0.2, -0.15) is 8.78 Å². The van der Waals surface area contributed by atoms with Gasteiger partial charge in [-0.15, -0.1) is 0 Å². The molecule has 0 saturated carbocycles. The number of alkyl halides is 2. The number of unbranched alkanes of at least 4 members (excludes halogenated alkanes) is 2. The number of imidazole rings is 1. The molecular formula is C24H27F2N3O4S. The van der Waals surface area contributed by atoms with Gasteiger partial charge >= 0.3 is 6.61 Å². The molecule has 10 heteroatoms. The van der Waals surface area contributed by atoms with Crippen molar-refractivity contribution in [1.82, 2.24) is 14.7 Å². The summed E-state index contributed by atoms with van der Waals surface area (Å²) < 4.78 is 57.7. The Bertz CT molecular complexity index is 1170. The van der Waals surface area contributed by atoms with Gasteiger partial charge in [0.1, 0.15) is 17.4 Å². The molecule has 0 radical (unpaired) electrons. The predicted octanol–water partition coefficient (Wildman–Crippen LogP) is 5.24. The lowest BCUT2D eigenvalue weighted by Gasteiger charge is -2.17. The van der Waals surface area contributed by atoms with Gasteiger partial charge in [-0.05, 0) is 49.6 Å². The van der Waals surface area contributed by atoms with Crippen LogP contribution < -0.4 is 9.46 Å². The molecule has 0 aliphatic heterocycles. The summed E-state index contributed by atoms with van der Waals surface area (Å²) in [6.07, 6.45) is 4.78. The summed E-state index contributed by atoms with van der Waals surface area (Å²) in [7, 11) is -3.97. The van der Waals surface area contributed by atoms with Crippen LogP contribution in [0.15, 0.2) is 65.7 Å². The van der Waals surface area contributed by atoms with E-state index < -0.39 is 22.7 Å². The van der Waals surface area contributed by atoms with Gasteiger partial charge in [0.25, 0.3) is 0 Å². The van der Waals surface area contributed by atoms with Gasteiger partial charge in [-0.25, -0.2) is 18.1 Å². The van der Waals surface area contributed by atoms with E-state index in [0.29, 0.717) is 25.1 Å². The molecule has 1 atom stereocenters. The van der Waals surface area contributed by atoms with Crippen LogP contribution >= 0.6 is 0 Å². The second kappa shape index (κ2) is 11.8. The third-order valence-electron chi connectivity index (χ3n) is 5.19. The van der Waals surface area contributed by atoms with Crippen molar-refractivity contribution in [3.05, 3.63) is 66.6 Å². The van der Waals surface area contributed by atoms with Crippen molar-refractivity contribution in [2.45, 2.75) is 56.6 Å². The number of sulfonamides is 1. The maximum Gasteiger partial charge on any atom is 0.387 e. The van der Waals surface area contributed by atoms with Crippen molar-refractivity contribution in [3.63, 3.8) is 0 Å². The largest absolute Gasteiger partial charge is 0.435 e. The third kappa shape index (κ3) is 7.46. The van der Waals surface area contributed by atoms with Crippen molar-refractivity contribution in [3.8, 4) is 17.0 Å². The first kappa shape index (κ1) is 25.5. The zero-order valence-corrected chi connectivity index (χ0v) is 19.5. The molecule has 34 heavy (non-hydrogen) atoms. The second-order valence-corrected chi connectivity index (χ2v) is 9.59. The van der Waals surface area contributed by atoms with Crippen LogP contribution in [0.4, 0.5) is 8.78 Å². The minimum atomic E-state index is -3.97. The first-order chi connectivity index (χ1) is 16.2. The quantitative estimate of drug-likeness (QED) is 0.319. The number of H-pyrrole nitrogens is 1. The molecule has 2 aromatic carbocycles. The number of carbonyl (C=O) groups excluding carboxylic acids is 1. The van der Waals surface area contributed by atoms with Crippen molar-refractivity contribution in [2.75, 3.05) is 0 Å². The molecule has 3 rings (SSSR count). The Morgan fingerprint density at radius 2 is 1.76 bits per heavy atom. The highest BCUT2D eigenvalue weighted by Crippen LogP contribution is 2.25. The third-order valence-corrected chi connectivity index (χ3v) is 6.68. The molecule has 0 saturated heterocycles. The maximum atomic E-state index is 13.0. The van der Waals surface area contributed by atoms with Gasteiger partial charge in [-0.1, -0.05) is 43.2 Å². The van der Waals surface area contributed by atoms with Gasteiger partial charge < -0.3 is 14.5 Å². The maximum absolute atomic E-state index is 13.0. The second-order valence-electron chi connectivity index (χ2n) is 7.87. The van der Waals surface area contributed by atoms with Crippen LogP contribution in [0.25, 0.3) is 11.3 Å². The minimum Gasteiger partial charge on any atom is -0.435 e. The zero-order chi connectivity index (χ0) is 24.6. The molecule has 7 nitrogen and oxygen atoms in total. The fourth-order valence-corrected chi connectivity index (χ4v) is 4.72. The summed E-state index contributed by atoms with van der Waals surface area (Å²) in [5.41, 5.74) is 1.67. The van der Waals surface area contributed by atoms with Crippen molar-refractivity contribution < 1.29 is 26.7 Å². The molecule has 0 unspecified atom stereocenters. The van der Waals surface area contributed by atoms with Crippen LogP contribution in [0, 0.1) is 0 Å². The van der Waals surface area contributed by atoms with E-state index in [1.54, 1.807) is 13.1 Å². The van der Waals surface area contributed by atoms with Crippen LogP contribution in [-0.2, 0) is 14.8 Å². The summed E-state index contributed by atoms with van der Waals surface area (Å²) in [6, 6.07) is 13.7. The highest BCUT2D eigenvalue weighted by atomic mass is 32.2. The zero-order valence-electron chi connectivity index (χ0n) is 18.7. The number of ether oxygens (including phenoxy) is 1. The standard InChI is InChI=1S/C24H27F2N3O4S/c1-17(30)8-4-2-7-11-21(23-27-16-22(28-23)18-9-5-3-6-10-18)29-34(31,32)20-14-12-19(13-15-20)33-24(25)26/h3,5-6,9-10,12-16,21,24,29H,2,4,7-8,11H2,1H3,(H,27,28)/t21-/m0/s1. The lowest BCUT2D eigenvalue weighted by Crippen LogP contribution is -2.29. The molecule has 0 aliphatic carbocycles. The fourth-order valence-electron chi connectivity index (χ4n) is 3.48. The highest BCUT2D eigenvalue weighted by Gasteiger charge is 2.24. The van der Waals surface area contributed by atoms with E-state index >= 15 is 0 Å². The van der Waals surface area contributed by atoms with E-state index in [0.717, 1.165) is 24.1 Å². The van der Waals surface area contributed by atoms with Gasteiger partial charge in [0, 0.05) is 6.42 Å². The number of hydrogen-bond acceptors (Lipinski definition) is 5. The monoisotopic (exact) mass is 491 g/mol. The van der Waals surface area contributed by atoms with Crippen LogP contribution in [0.3, 0.4) is 0 Å². The first-order valence-electron chi connectivity index (χ1n) is 10.9. The Morgan fingerprint density at radius 1 is 1.06 bits per heavy atom. The molecule has 182 valence electrons. The summed E-state index contributed by atoms with van der Waals surface area (Å²) in [4.78, 5) is 18.7. The number of ketones is 1. The SMILES string of the molecule is CC(=O)CCCCC[C@H](NS(=O)(=O)c1ccc(OC(F)F)cc1)c1ncc(-c2ccccc2)[nH]1. The number of carbonyl (C=O) groups is 1. The average molecular weight is 492 g/mol. The summed E-state index contributed by atoms with van der Waals surface area (Å²) in [6.45, 7) is -1.45. The smallest absolute Gasteiger partial charge is 0.387 e. The van der Waals surface area contributed by atoms with E-state index in [9.17, 15) is 22.0 Å². The van der Waals surface area contributed by atoms with Crippen LogP contribution in [0.2, 0.25) is 0 Å². The fraction of sp³-hybridized carbons (Fsp3) is 0.333. The van der Waals surface area contributed by atoms with Crippen molar-refractivity contribution in [1.29, 1.82) is 0 Å². The van der Waals surface area contributed by atoms with E-state index in [4.69, 9.17) is 0 Å². The van der Waals surface area contributed by atoms with Gasteiger partial charge in [0.05, 0.1) is 22.8 Å². The Kier molecular flexibility index (Phi) is 8.89. The Morgan fingerprint density at radius 3 is 2.41 bits per heavy atom. The van der Waals surface area contributed by atoms with Gasteiger partial charge in [-0.3, -0.25) is 0 Å². The molecular weight excluding hydrogens is 464 g/mol. The summed E-state index contributed by atoms with van der Waals surface area (Å²) in [5.74, 6) is 0.455. The Labute approximate surface area is 197 Å². The molecule has 1 heterocycles. The Balaban J connectivity index is 1.77. The van der Waals surface area contributed by atoms with Crippen LogP contribution in [0.5, 0.6) is 5.75 Å². The number of aromatic nitrogens is 2. The lowest BCUT2D eigenvalue weighted by molar-refractivity contribution is -0.117. The van der Waals surface area contributed by atoms with E-state index in [1.165, 1.54) is 24.3 Å². The van der Waals surface area contributed by atoms with Crippen LogP contribution in [-0.4, -0.2) is 30.8 Å². The van der Waals surface area contributed by atoms with Gasteiger partial charge in [0.2, 0.25) is 10.0 Å². The summed E-state index contributed by atoms with van der Waals surface area (Å²) in [5, 5.41) is 0. The highest BCUT2D eigenvalue weighted by molar-refractivity contribution is 7.89. The van der Waals surface area contributed by atoms with Crippen LogP contribution in [0.1, 0.15) is 50.9 Å². The number of aromatic amines is 1. The number of nitrogens with zero attached hydrogens (tertiary/aromatic N) is 1. The van der Waals surface area contributed by atoms with E-state index in [2.05, 4.69) is 19.4 Å². The molecule has 3 aromatic rings. The number of benzene rings is 2. The number of nitrogens with one attached hydrogen (secondary N) is 2.